The number of nitrogens with zero attached hydrogens (tertiary/aromatic N) is 3. The summed E-state index contributed by atoms with van der Waals surface area (Å²) in [6, 6.07) is 5.48. The van der Waals surface area contributed by atoms with Crippen molar-refractivity contribution in [2.75, 3.05) is 44.3 Å². The summed E-state index contributed by atoms with van der Waals surface area (Å²) in [5.74, 6) is -0.244. The van der Waals surface area contributed by atoms with Crippen LogP contribution in [0.4, 0.5) is 10.1 Å². The fourth-order valence-corrected chi connectivity index (χ4v) is 2.61. The van der Waals surface area contributed by atoms with Crippen molar-refractivity contribution in [3.8, 4) is 11.4 Å². The number of benzene rings is 1. The molecule has 0 spiro atoms. The first kappa shape index (κ1) is 16.4. The quantitative estimate of drug-likeness (QED) is 0.810. The van der Waals surface area contributed by atoms with Gasteiger partial charge in [0.25, 0.3) is 0 Å². The average molecular weight is 334 g/mol. The molecular formula is C16H19FN4O3. The zero-order valence-corrected chi connectivity index (χ0v) is 13.1. The molecule has 24 heavy (non-hydrogen) atoms. The number of aromatic nitrogens is 2. The maximum absolute atomic E-state index is 13.1. The molecule has 0 bridgehead atoms. The van der Waals surface area contributed by atoms with Crippen LogP contribution in [0.3, 0.4) is 0 Å². The Morgan fingerprint density at radius 2 is 1.96 bits per heavy atom. The fourth-order valence-electron chi connectivity index (χ4n) is 2.61. The van der Waals surface area contributed by atoms with Gasteiger partial charge in [-0.15, -0.1) is 0 Å². The van der Waals surface area contributed by atoms with Crippen LogP contribution in [0.25, 0.3) is 5.69 Å². The molecule has 8 heteroatoms. The van der Waals surface area contributed by atoms with Crippen LogP contribution >= 0.6 is 0 Å². The Morgan fingerprint density at radius 3 is 2.62 bits per heavy atom. The van der Waals surface area contributed by atoms with E-state index >= 15 is 0 Å². The predicted octanol–water partition coefficient (Wildman–Crippen LogP) is 0.152. The van der Waals surface area contributed by atoms with Crippen LogP contribution < -0.4 is 20.5 Å². The standard InChI is InChI=1S/C16H19FN4O3/c17-12-1-3-13(4-2-12)21-16(23)15(24-10-9-22)14(11-19-21)20-7-5-18-6-8-20/h1-4,11,18,22H,5-10H2. The number of halogens is 1. The highest BCUT2D eigenvalue weighted by Crippen LogP contribution is 2.24. The maximum Gasteiger partial charge on any atom is 0.316 e. The molecule has 1 aromatic heterocycles. The van der Waals surface area contributed by atoms with Crippen LogP contribution in [-0.4, -0.2) is 54.3 Å². The first-order chi connectivity index (χ1) is 11.7. The van der Waals surface area contributed by atoms with Gasteiger partial charge in [0.15, 0.2) is 0 Å². The molecule has 0 unspecified atom stereocenters. The summed E-state index contributed by atoms with van der Waals surface area (Å²) in [7, 11) is 0. The minimum absolute atomic E-state index is 0.0156. The van der Waals surface area contributed by atoms with Crippen LogP contribution in [0.1, 0.15) is 0 Å². The molecule has 1 aliphatic rings. The fraction of sp³-hybridized carbons (Fsp3) is 0.375. The molecule has 128 valence electrons. The van der Waals surface area contributed by atoms with E-state index in [1.54, 1.807) is 6.20 Å². The van der Waals surface area contributed by atoms with E-state index < -0.39 is 5.56 Å². The Kier molecular flexibility index (Phi) is 5.07. The smallest absolute Gasteiger partial charge is 0.316 e. The number of piperazine rings is 1. The first-order valence-electron chi connectivity index (χ1n) is 7.78. The molecule has 2 aromatic rings. The van der Waals surface area contributed by atoms with Crippen molar-refractivity contribution in [2.45, 2.75) is 0 Å². The minimum atomic E-state index is -0.439. The number of anilines is 1. The van der Waals surface area contributed by atoms with Gasteiger partial charge in [0.05, 0.1) is 18.5 Å². The summed E-state index contributed by atoms with van der Waals surface area (Å²) in [4.78, 5) is 14.8. The van der Waals surface area contributed by atoms with Gasteiger partial charge >= 0.3 is 5.56 Å². The second-order valence-corrected chi connectivity index (χ2v) is 5.36. The van der Waals surface area contributed by atoms with Gasteiger partial charge in [-0.25, -0.2) is 4.39 Å². The molecular weight excluding hydrogens is 315 g/mol. The van der Waals surface area contributed by atoms with E-state index in [2.05, 4.69) is 10.4 Å². The van der Waals surface area contributed by atoms with Gasteiger partial charge in [-0.3, -0.25) is 4.79 Å². The van der Waals surface area contributed by atoms with Crippen LogP contribution in [-0.2, 0) is 0 Å². The first-order valence-corrected chi connectivity index (χ1v) is 7.78. The Balaban J connectivity index is 2.03. The summed E-state index contributed by atoms with van der Waals surface area (Å²) in [5.41, 5.74) is 0.613. The maximum atomic E-state index is 13.1. The van der Waals surface area contributed by atoms with Gasteiger partial charge in [0.2, 0.25) is 5.75 Å². The summed E-state index contributed by atoms with van der Waals surface area (Å²) in [6.45, 7) is 2.90. The molecule has 0 radical (unpaired) electrons. The zero-order chi connectivity index (χ0) is 16.9. The molecule has 1 saturated heterocycles. The van der Waals surface area contributed by atoms with Gasteiger partial charge in [-0.1, -0.05) is 0 Å². The lowest BCUT2D eigenvalue weighted by atomic mass is 10.3. The lowest BCUT2D eigenvalue weighted by molar-refractivity contribution is 0.199. The number of aliphatic hydroxyl groups is 1. The van der Waals surface area contributed by atoms with E-state index in [1.165, 1.54) is 24.3 Å². The molecule has 1 aromatic carbocycles. The highest BCUT2D eigenvalue weighted by molar-refractivity contribution is 5.57. The molecule has 7 nitrogen and oxygen atoms in total. The number of hydrogen-bond donors (Lipinski definition) is 2. The molecule has 1 fully saturated rings. The average Bonchev–Trinajstić information content (AvgIpc) is 2.62. The predicted molar refractivity (Wildman–Crippen MR) is 87.5 cm³/mol. The van der Waals surface area contributed by atoms with Crippen molar-refractivity contribution in [3.63, 3.8) is 0 Å². The molecule has 1 aliphatic heterocycles. The lowest BCUT2D eigenvalue weighted by Crippen LogP contribution is -2.44. The van der Waals surface area contributed by atoms with Crippen LogP contribution in [0.5, 0.6) is 5.75 Å². The second kappa shape index (κ2) is 7.41. The zero-order valence-electron chi connectivity index (χ0n) is 13.1. The van der Waals surface area contributed by atoms with E-state index in [0.717, 1.165) is 30.9 Å². The van der Waals surface area contributed by atoms with Gasteiger partial charge in [-0.05, 0) is 24.3 Å². The Bertz CT molecular complexity index is 742. The van der Waals surface area contributed by atoms with Gasteiger partial charge < -0.3 is 20.1 Å². The monoisotopic (exact) mass is 334 g/mol. The van der Waals surface area contributed by atoms with Gasteiger partial charge in [0, 0.05) is 26.2 Å². The van der Waals surface area contributed by atoms with E-state index in [9.17, 15) is 9.18 Å². The minimum Gasteiger partial charge on any atom is -0.484 e. The second-order valence-electron chi connectivity index (χ2n) is 5.36. The SMILES string of the molecule is O=c1c(OCCO)c(N2CCNCC2)cnn1-c1ccc(F)cc1. The van der Waals surface area contributed by atoms with Crippen molar-refractivity contribution < 1.29 is 14.2 Å². The highest BCUT2D eigenvalue weighted by Gasteiger charge is 2.20. The number of nitrogens with one attached hydrogen (secondary N) is 1. The number of aliphatic hydroxyl groups excluding tert-OH is 1. The Labute approximate surface area is 138 Å². The molecule has 0 aliphatic carbocycles. The van der Waals surface area contributed by atoms with Gasteiger partial charge in [0.1, 0.15) is 18.1 Å². The summed E-state index contributed by atoms with van der Waals surface area (Å²) in [6.07, 6.45) is 1.57. The summed E-state index contributed by atoms with van der Waals surface area (Å²) >= 11 is 0. The topological polar surface area (TPSA) is 79.6 Å². The lowest BCUT2D eigenvalue weighted by Gasteiger charge is -2.30. The van der Waals surface area contributed by atoms with E-state index in [1.807, 2.05) is 4.90 Å². The normalized spacial score (nSPS) is 14.7. The summed E-state index contributed by atoms with van der Waals surface area (Å²) < 4.78 is 19.7. The third-order valence-corrected chi connectivity index (χ3v) is 3.78. The van der Waals surface area contributed by atoms with Crippen LogP contribution in [0, 0.1) is 5.82 Å². The highest BCUT2D eigenvalue weighted by atomic mass is 19.1. The molecule has 2 N–H and O–H groups in total. The van der Waals surface area contributed by atoms with Crippen molar-refractivity contribution in [1.29, 1.82) is 0 Å². The van der Waals surface area contributed by atoms with E-state index in [4.69, 9.17) is 9.84 Å². The van der Waals surface area contributed by atoms with Crippen molar-refractivity contribution in [3.05, 3.63) is 46.6 Å². The molecule has 0 saturated carbocycles. The van der Waals surface area contributed by atoms with Gasteiger partial charge in [-0.2, -0.15) is 9.78 Å². The van der Waals surface area contributed by atoms with Crippen LogP contribution in [0.15, 0.2) is 35.3 Å². The molecule has 0 amide bonds. The molecule has 0 atom stereocenters. The largest absolute Gasteiger partial charge is 0.484 e. The number of hydrogen-bond acceptors (Lipinski definition) is 6. The third-order valence-electron chi connectivity index (χ3n) is 3.78. The third kappa shape index (κ3) is 3.39. The Hall–Kier alpha value is -2.45. The number of rotatable bonds is 5. The molecule has 2 heterocycles. The van der Waals surface area contributed by atoms with E-state index in [-0.39, 0.29) is 24.8 Å². The van der Waals surface area contributed by atoms with Crippen LogP contribution in [0.2, 0.25) is 0 Å². The summed E-state index contributed by atoms with van der Waals surface area (Å²) in [5, 5.41) is 16.5. The van der Waals surface area contributed by atoms with E-state index in [0.29, 0.717) is 11.4 Å². The van der Waals surface area contributed by atoms with Crippen molar-refractivity contribution in [1.82, 2.24) is 15.1 Å². The van der Waals surface area contributed by atoms with Crippen molar-refractivity contribution in [2.24, 2.45) is 0 Å². The van der Waals surface area contributed by atoms with Crippen molar-refractivity contribution >= 4 is 5.69 Å². The Morgan fingerprint density at radius 1 is 1.25 bits per heavy atom. The molecule has 3 rings (SSSR count). The number of ether oxygens (including phenoxy) is 1.